The van der Waals surface area contributed by atoms with Crippen molar-refractivity contribution in [3.8, 4) is 0 Å². The molecule has 3 rings (SSSR count). The van der Waals surface area contributed by atoms with Crippen LogP contribution in [0.25, 0.3) is 0 Å². The lowest BCUT2D eigenvalue weighted by molar-refractivity contribution is 0.0527. The Morgan fingerprint density at radius 1 is 0.967 bits per heavy atom. The zero-order chi connectivity index (χ0) is 21.7. The molecule has 0 radical (unpaired) electrons. The van der Waals surface area contributed by atoms with Gasteiger partial charge in [0.1, 0.15) is 5.00 Å². The molecule has 30 heavy (non-hydrogen) atoms. The van der Waals surface area contributed by atoms with Gasteiger partial charge < -0.3 is 15.4 Å². The van der Waals surface area contributed by atoms with Crippen LogP contribution in [0.15, 0.2) is 54.6 Å². The first kappa shape index (κ1) is 21.5. The molecule has 1 heterocycles. The SMILES string of the molecule is CCOC(=O)c1c(NC(=O)c2ccc(Cl)cc2)sc(C(=O)Nc2ccccc2)c1C. The zero-order valence-electron chi connectivity index (χ0n) is 16.3. The van der Waals surface area contributed by atoms with Crippen molar-refractivity contribution in [1.82, 2.24) is 0 Å². The topological polar surface area (TPSA) is 84.5 Å². The number of halogens is 1. The van der Waals surface area contributed by atoms with Crippen LogP contribution in [0.2, 0.25) is 5.02 Å². The van der Waals surface area contributed by atoms with E-state index in [1.165, 1.54) is 0 Å². The third-order valence-electron chi connectivity index (χ3n) is 4.20. The Morgan fingerprint density at radius 2 is 1.63 bits per heavy atom. The fourth-order valence-electron chi connectivity index (χ4n) is 2.75. The highest BCUT2D eigenvalue weighted by molar-refractivity contribution is 7.19. The molecule has 8 heteroatoms. The molecule has 0 atom stereocenters. The highest BCUT2D eigenvalue weighted by Gasteiger charge is 2.27. The number of thiophene rings is 1. The molecule has 2 aromatic carbocycles. The summed E-state index contributed by atoms with van der Waals surface area (Å²) in [5, 5.41) is 6.27. The van der Waals surface area contributed by atoms with Crippen molar-refractivity contribution < 1.29 is 19.1 Å². The molecule has 0 spiro atoms. The Balaban J connectivity index is 1.93. The predicted molar refractivity (Wildman–Crippen MR) is 119 cm³/mol. The summed E-state index contributed by atoms with van der Waals surface area (Å²) in [5.41, 5.74) is 1.61. The molecular formula is C22H19ClN2O4S. The Bertz CT molecular complexity index is 1080. The van der Waals surface area contributed by atoms with Gasteiger partial charge in [-0.3, -0.25) is 9.59 Å². The first-order valence-electron chi connectivity index (χ1n) is 9.14. The maximum absolute atomic E-state index is 12.8. The van der Waals surface area contributed by atoms with Crippen molar-refractivity contribution in [3.05, 3.63) is 81.2 Å². The van der Waals surface area contributed by atoms with Gasteiger partial charge in [-0.1, -0.05) is 29.8 Å². The number of hydrogen-bond donors (Lipinski definition) is 2. The molecule has 0 aliphatic rings. The molecule has 0 bridgehead atoms. The Morgan fingerprint density at radius 3 is 2.27 bits per heavy atom. The molecule has 3 aromatic rings. The van der Waals surface area contributed by atoms with Crippen LogP contribution in [0.3, 0.4) is 0 Å². The summed E-state index contributed by atoms with van der Waals surface area (Å²) >= 11 is 6.89. The molecule has 2 amide bonds. The smallest absolute Gasteiger partial charge is 0.341 e. The van der Waals surface area contributed by atoms with Gasteiger partial charge in [0.25, 0.3) is 11.8 Å². The van der Waals surface area contributed by atoms with Crippen molar-refractivity contribution in [3.63, 3.8) is 0 Å². The van der Waals surface area contributed by atoms with Gasteiger partial charge in [0.05, 0.1) is 17.0 Å². The number of carbonyl (C=O) groups is 3. The lowest BCUT2D eigenvalue weighted by Crippen LogP contribution is -2.15. The van der Waals surface area contributed by atoms with E-state index in [1.807, 2.05) is 6.07 Å². The minimum Gasteiger partial charge on any atom is -0.462 e. The van der Waals surface area contributed by atoms with Gasteiger partial charge in [-0.25, -0.2) is 4.79 Å². The maximum Gasteiger partial charge on any atom is 0.341 e. The van der Waals surface area contributed by atoms with E-state index in [9.17, 15) is 14.4 Å². The van der Waals surface area contributed by atoms with Crippen LogP contribution in [-0.4, -0.2) is 24.4 Å². The van der Waals surface area contributed by atoms with Crippen molar-refractivity contribution in [2.45, 2.75) is 13.8 Å². The van der Waals surface area contributed by atoms with Crippen LogP contribution in [0.1, 0.15) is 42.9 Å². The molecule has 2 N–H and O–H groups in total. The van der Waals surface area contributed by atoms with Crippen LogP contribution < -0.4 is 10.6 Å². The second-order valence-electron chi connectivity index (χ2n) is 6.26. The molecule has 0 aliphatic carbocycles. The normalized spacial score (nSPS) is 10.4. The minimum absolute atomic E-state index is 0.169. The van der Waals surface area contributed by atoms with Crippen molar-refractivity contribution >= 4 is 51.4 Å². The standard InChI is InChI=1S/C22H19ClN2O4S/c1-3-29-22(28)17-13(2)18(20(27)24-16-7-5-4-6-8-16)30-21(17)25-19(26)14-9-11-15(23)12-10-14/h4-12H,3H2,1-2H3,(H,24,27)(H,25,26). The fraction of sp³-hybridized carbons (Fsp3) is 0.136. The Hall–Kier alpha value is -3.16. The van der Waals surface area contributed by atoms with Crippen LogP contribution in [0.4, 0.5) is 10.7 Å². The number of rotatable bonds is 6. The van der Waals surface area contributed by atoms with Gasteiger partial charge in [0.15, 0.2) is 0 Å². The molecule has 1 aromatic heterocycles. The van der Waals surface area contributed by atoms with Crippen LogP contribution in [0, 0.1) is 6.92 Å². The Kier molecular flexibility index (Phi) is 6.87. The highest BCUT2D eigenvalue weighted by Crippen LogP contribution is 2.34. The first-order chi connectivity index (χ1) is 14.4. The molecule has 0 fully saturated rings. The lowest BCUT2D eigenvalue weighted by Gasteiger charge is -2.07. The number of amides is 2. The van der Waals surface area contributed by atoms with E-state index < -0.39 is 11.9 Å². The van der Waals surface area contributed by atoms with E-state index in [0.29, 0.717) is 26.7 Å². The van der Waals surface area contributed by atoms with Gasteiger partial charge in [0, 0.05) is 16.3 Å². The number of carbonyl (C=O) groups excluding carboxylic acids is 3. The summed E-state index contributed by atoms with van der Waals surface area (Å²) in [7, 11) is 0. The van der Waals surface area contributed by atoms with E-state index in [0.717, 1.165) is 11.3 Å². The second kappa shape index (κ2) is 9.56. The molecule has 0 aliphatic heterocycles. The monoisotopic (exact) mass is 442 g/mol. The molecular weight excluding hydrogens is 424 g/mol. The maximum atomic E-state index is 12.8. The zero-order valence-corrected chi connectivity index (χ0v) is 17.9. The van der Waals surface area contributed by atoms with Crippen molar-refractivity contribution in [2.75, 3.05) is 17.2 Å². The number of para-hydroxylation sites is 1. The summed E-state index contributed by atoms with van der Waals surface area (Å²) in [4.78, 5) is 38.3. The van der Waals surface area contributed by atoms with E-state index in [2.05, 4.69) is 10.6 Å². The second-order valence-corrected chi connectivity index (χ2v) is 7.72. The molecule has 0 unspecified atom stereocenters. The van der Waals surface area contributed by atoms with E-state index in [-0.39, 0.29) is 23.1 Å². The van der Waals surface area contributed by atoms with Gasteiger partial charge in [-0.05, 0) is 55.8 Å². The average Bonchev–Trinajstić information content (AvgIpc) is 3.05. The van der Waals surface area contributed by atoms with E-state index in [4.69, 9.17) is 16.3 Å². The summed E-state index contributed by atoms with van der Waals surface area (Å²) in [6, 6.07) is 15.3. The molecule has 0 saturated carbocycles. The van der Waals surface area contributed by atoms with Gasteiger partial charge >= 0.3 is 5.97 Å². The van der Waals surface area contributed by atoms with Crippen LogP contribution in [0.5, 0.6) is 0 Å². The lowest BCUT2D eigenvalue weighted by atomic mass is 10.1. The fourth-order valence-corrected chi connectivity index (χ4v) is 3.96. The van der Waals surface area contributed by atoms with E-state index in [1.54, 1.807) is 62.4 Å². The first-order valence-corrected chi connectivity index (χ1v) is 10.3. The predicted octanol–water partition coefficient (Wildman–Crippen LogP) is 5.39. The number of benzene rings is 2. The highest BCUT2D eigenvalue weighted by atomic mass is 35.5. The summed E-state index contributed by atoms with van der Waals surface area (Å²) in [5.74, 6) is -1.40. The quantitative estimate of drug-likeness (QED) is 0.501. The number of hydrogen-bond acceptors (Lipinski definition) is 5. The molecule has 154 valence electrons. The Labute approximate surface area is 182 Å². The number of ether oxygens (including phenoxy) is 1. The number of anilines is 2. The van der Waals surface area contributed by atoms with Gasteiger partial charge in [-0.2, -0.15) is 0 Å². The summed E-state index contributed by atoms with van der Waals surface area (Å²) < 4.78 is 5.13. The van der Waals surface area contributed by atoms with Gasteiger partial charge in [-0.15, -0.1) is 11.3 Å². The average molecular weight is 443 g/mol. The number of esters is 1. The summed E-state index contributed by atoms with van der Waals surface area (Å²) in [6.45, 7) is 3.51. The summed E-state index contributed by atoms with van der Waals surface area (Å²) in [6.07, 6.45) is 0. The van der Waals surface area contributed by atoms with Crippen LogP contribution >= 0.6 is 22.9 Å². The van der Waals surface area contributed by atoms with Gasteiger partial charge in [0.2, 0.25) is 0 Å². The molecule has 0 saturated heterocycles. The minimum atomic E-state index is -0.601. The third kappa shape index (κ3) is 4.87. The van der Waals surface area contributed by atoms with Crippen LogP contribution in [-0.2, 0) is 4.74 Å². The largest absolute Gasteiger partial charge is 0.462 e. The van der Waals surface area contributed by atoms with Crippen molar-refractivity contribution in [1.29, 1.82) is 0 Å². The number of nitrogens with one attached hydrogen (secondary N) is 2. The molecule has 6 nitrogen and oxygen atoms in total. The van der Waals surface area contributed by atoms with E-state index >= 15 is 0 Å². The third-order valence-corrected chi connectivity index (χ3v) is 5.66. The van der Waals surface area contributed by atoms with Crippen molar-refractivity contribution in [2.24, 2.45) is 0 Å².